The summed E-state index contributed by atoms with van der Waals surface area (Å²) in [5.41, 5.74) is 2.61. The van der Waals surface area contributed by atoms with E-state index in [0.29, 0.717) is 16.9 Å². The SMILES string of the molecule is C[C@]12CC[C@@H](n3ccnn3)C[C@@H]1CC[C@@H]1[C@@H]2CC[C@]2(C)[C@@H](c3ccc4ccccc4c3)CC[C@@H]12. The monoisotopic (exact) mass is 453 g/mol. The van der Waals surface area contributed by atoms with Crippen molar-refractivity contribution in [2.45, 2.75) is 83.6 Å². The molecule has 0 unspecified atom stereocenters. The highest BCUT2D eigenvalue weighted by atomic mass is 15.4. The molecule has 0 amide bonds. The molecule has 4 fully saturated rings. The van der Waals surface area contributed by atoms with Crippen LogP contribution in [0.4, 0.5) is 0 Å². The van der Waals surface area contributed by atoms with E-state index in [2.05, 4.69) is 77.5 Å². The summed E-state index contributed by atoms with van der Waals surface area (Å²) in [6, 6.07) is 16.8. The Morgan fingerprint density at radius 1 is 0.824 bits per heavy atom. The smallest absolute Gasteiger partial charge is 0.0693 e. The van der Waals surface area contributed by atoms with Gasteiger partial charge in [0.2, 0.25) is 0 Å². The van der Waals surface area contributed by atoms with Crippen molar-refractivity contribution in [3.63, 3.8) is 0 Å². The van der Waals surface area contributed by atoms with E-state index in [1.807, 2.05) is 6.20 Å². The Balaban J connectivity index is 1.15. The van der Waals surface area contributed by atoms with Crippen LogP contribution in [0, 0.1) is 34.5 Å². The minimum Gasteiger partial charge on any atom is -0.250 e. The molecule has 7 rings (SSSR count). The van der Waals surface area contributed by atoms with E-state index in [1.54, 1.807) is 5.56 Å². The summed E-state index contributed by atoms with van der Waals surface area (Å²) in [6.45, 7) is 5.36. The van der Waals surface area contributed by atoms with Gasteiger partial charge in [-0.25, -0.2) is 4.68 Å². The highest BCUT2D eigenvalue weighted by Crippen LogP contribution is 2.69. The van der Waals surface area contributed by atoms with Crippen molar-refractivity contribution in [1.82, 2.24) is 15.0 Å². The molecule has 4 aliphatic rings. The molecule has 2 aromatic carbocycles. The molecule has 3 aromatic rings. The summed E-state index contributed by atoms with van der Waals surface area (Å²) in [5.74, 6) is 4.37. The van der Waals surface area contributed by atoms with Gasteiger partial charge in [-0.15, -0.1) is 5.10 Å². The van der Waals surface area contributed by atoms with Crippen molar-refractivity contribution in [2.24, 2.45) is 34.5 Å². The summed E-state index contributed by atoms with van der Waals surface area (Å²) < 4.78 is 2.15. The molecule has 0 spiro atoms. The van der Waals surface area contributed by atoms with Gasteiger partial charge in [0.1, 0.15) is 0 Å². The van der Waals surface area contributed by atoms with Crippen LogP contribution in [0.25, 0.3) is 10.8 Å². The number of aromatic nitrogens is 3. The van der Waals surface area contributed by atoms with Crippen LogP contribution in [-0.4, -0.2) is 15.0 Å². The predicted molar refractivity (Wildman–Crippen MR) is 137 cm³/mol. The summed E-state index contributed by atoms with van der Waals surface area (Å²) in [4.78, 5) is 0. The van der Waals surface area contributed by atoms with Gasteiger partial charge in [0.05, 0.1) is 12.2 Å². The Bertz CT molecular complexity index is 1180. The summed E-state index contributed by atoms with van der Waals surface area (Å²) >= 11 is 0. The lowest BCUT2D eigenvalue weighted by atomic mass is 9.44. The van der Waals surface area contributed by atoms with Gasteiger partial charge in [-0.1, -0.05) is 61.5 Å². The number of benzene rings is 2. The summed E-state index contributed by atoms with van der Waals surface area (Å²) in [6.07, 6.45) is 16.5. The zero-order valence-electron chi connectivity index (χ0n) is 20.9. The number of hydrogen-bond donors (Lipinski definition) is 0. The standard InChI is InChI=1S/C31H39N3/c1-30-15-13-25(34-18-17-32-33-34)20-24(30)9-10-26-28-12-11-27(31(28,2)16-14-29(26)30)23-8-7-21-5-3-4-6-22(21)19-23/h3-8,17-19,24-29H,9-16,20H2,1-2H3/t24-,25+,26-,27+,28-,29-,30-,31+/m0/s1. The van der Waals surface area contributed by atoms with Crippen LogP contribution in [0.3, 0.4) is 0 Å². The third-order valence-corrected chi connectivity index (χ3v) is 11.6. The normalized spacial score (nSPS) is 41.6. The van der Waals surface area contributed by atoms with Crippen LogP contribution in [-0.2, 0) is 0 Å². The van der Waals surface area contributed by atoms with Gasteiger partial charge in [-0.05, 0) is 115 Å². The third kappa shape index (κ3) is 3.01. The van der Waals surface area contributed by atoms with Gasteiger partial charge in [0.15, 0.2) is 0 Å². The van der Waals surface area contributed by atoms with E-state index in [0.717, 1.165) is 29.6 Å². The predicted octanol–water partition coefficient (Wildman–Crippen LogP) is 7.80. The molecule has 4 aliphatic carbocycles. The second-order valence-electron chi connectivity index (χ2n) is 12.7. The summed E-state index contributed by atoms with van der Waals surface area (Å²) in [7, 11) is 0. The van der Waals surface area contributed by atoms with E-state index < -0.39 is 0 Å². The fourth-order valence-corrected chi connectivity index (χ4v) is 9.86. The molecule has 0 bridgehead atoms. The average molecular weight is 454 g/mol. The maximum absolute atomic E-state index is 4.36. The van der Waals surface area contributed by atoms with E-state index in [1.165, 1.54) is 68.6 Å². The van der Waals surface area contributed by atoms with Crippen molar-refractivity contribution in [3.8, 4) is 0 Å². The maximum atomic E-state index is 4.36. The molecule has 8 atom stereocenters. The molecule has 178 valence electrons. The zero-order valence-corrected chi connectivity index (χ0v) is 20.9. The quantitative estimate of drug-likeness (QED) is 0.396. The largest absolute Gasteiger partial charge is 0.250 e. The van der Waals surface area contributed by atoms with Crippen LogP contribution < -0.4 is 0 Å². The second kappa shape index (κ2) is 7.67. The van der Waals surface area contributed by atoms with Crippen molar-refractivity contribution < 1.29 is 0 Å². The lowest BCUT2D eigenvalue weighted by Crippen LogP contribution is -2.53. The number of nitrogens with zero attached hydrogens (tertiary/aromatic N) is 3. The first kappa shape index (κ1) is 21.1. The van der Waals surface area contributed by atoms with E-state index in [4.69, 9.17) is 0 Å². The van der Waals surface area contributed by atoms with E-state index in [-0.39, 0.29) is 0 Å². The highest BCUT2D eigenvalue weighted by molar-refractivity contribution is 5.83. The van der Waals surface area contributed by atoms with Gasteiger partial charge in [0, 0.05) is 6.20 Å². The van der Waals surface area contributed by atoms with E-state index in [9.17, 15) is 0 Å². The minimum absolute atomic E-state index is 0.477. The third-order valence-electron chi connectivity index (χ3n) is 11.6. The number of hydrogen-bond acceptors (Lipinski definition) is 2. The first-order valence-corrected chi connectivity index (χ1v) is 13.9. The Labute approximate surface area is 204 Å². The molecule has 4 saturated carbocycles. The molecule has 34 heavy (non-hydrogen) atoms. The Kier molecular flexibility index (Phi) is 4.77. The number of rotatable bonds is 2. The molecule has 3 heteroatoms. The average Bonchev–Trinajstić information content (AvgIpc) is 3.51. The molecule has 0 saturated heterocycles. The molecular weight excluding hydrogens is 414 g/mol. The molecule has 0 radical (unpaired) electrons. The van der Waals surface area contributed by atoms with Crippen molar-refractivity contribution in [1.29, 1.82) is 0 Å². The maximum Gasteiger partial charge on any atom is 0.0693 e. The van der Waals surface area contributed by atoms with Crippen LogP contribution >= 0.6 is 0 Å². The fraction of sp³-hybridized carbons (Fsp3) is 0.613. The van der Waals surface area contributed by atoms with Crippen molar-refractivity contribution in [2.75, 3.05) is 0 Å². The molecule has 0 aliphatic heterocycles. The van der Waals surface area contributed by atoms with Gasteiger partial charge >= 0.3 is 0 Å². The van der Waals surface area contributed by atoms with Crippen molar-refractivity contribution >= 4 is 10.8 Å². The molecule has 3 nitrogen and oxygen atoms in total. The highest BCUT2D eigenvalue weighted by Gasteiger charge is 2.60. The Morgan fingerprint density at radius 2 is 1.65 bits per heavy atom. The van der Waals surface area contributed by atoms with Crippen LogP contribution in [0.15, 0.2) is 54.9 Å². The molecular formula is C31H39N3. The van der Waals surface area contributed by atoms with Gasteiger partial charge in [-0.3, -0.25) is 0 Å². The fourth-order valence-electron chi connectivity index (χ4n) is 9.86. The van der Waals surface area contributed by atoms with Crippen LogP contribution in [0.1, 0.15) is 89.2 Å². The first-order valence-electron chi connectivity index (χ1n) is 13.9. The van der Waals surface area contributed by atoms with Gasteiger partial charge < -0.3 is 0 Å². The molecule has 0 N–H and O–H groups in total. The zero-order chi connectivity index (χ0) is 22.9. The van der Waals surface area contributed by atoms with Gasteiger partial charge in [-0.2, -0.15) is 0 Å². The topological polar surface area (TPSA) is 30.7 Å². The lowest BCUT2D eigenvalue weighted by Gasteiger charge is -2.61. The van der Waals surface area contributed by atoms with Crippen LogP contribution in [0.2, 0.25) is 0 Å². The number of fused-ring (bicyclic) bond motifs is 6. The molecule has 1 aromatic heterocycles. The molecule has 1 heterocycles. The second-order valence-corrected chi connectivity index (χ2v) is 12.7. The van der Waals surface area contributed by atoms with Crippen molar-refractivity contribution in [3.05, 3.63) is 60.4 Å². The lowest BCUT2D eigenvalue weighted by molar-refractivity contribution is -0.113. The first-order chi connectivity index (χ1) is 16.6. The van der Waals surface area contributed by atoms with E-state index >= 15 is 0 Å². The Hall–Kier alpha value is -2.16. The Morgan fingerprint density at radius 3 is 2.50 bits per heavy atom. The van der Waals surface area contributed by atoms with Crippen LogP contribution in [0.5, 0.6) is 0 Å². The van der Waals surface area contributed by atoms with Gasteiger partial charge in [0.25, 0.3) is 0 Å². The minimum atomic E-state index is 0.477. The summed E-state index contributed by atoms with van der Waals surface area (Å²) in [5, 5.41) is 11.2.